The number of nitrogen functional groups attached to an aromatic ring is 1. The summed E-state index contributed by atoms with van der Waals surface area (Å²) in [6, 6.07) is 3.86. The van der Waals surface area contributed by atoms with Gasteiger partial charge >= 0.3 is 0 Å². The predicted molar refractivity (Wildman–Crippen MR) is 76.0 cm³/mol. The van der Waals surface area contributed by atoms with Gasteiger partial charge in [0.2, 0.25) is 5.88 Å². The zero-order valence-corrected chi connectivity index (χ0v) is 11.9. The molecule has 102 valence electrons. The molecule has 1 rings (SSSR count). The lowest BCUT2D eigenvalue weighted by Gasteiger charge is -2.26. The molecule has 0 saturated carbocycles. The van der Waals surface area contributed by atoms with E-state index in [0.717, 1.165) is 6.54 Å². The van der Waals surface area contributed by atoms with Crippen molar-refractivity contribution < 1.29 is 4.74 Å². The summed E-state index contributed by atoms with van der Waals surface area (Å²) in [4.78, 5) is 6.49. The standard InChI is InChI=1S/C13H24N4O/c1-9(2)11(8-17(3)4)15-13-10(14)6-7-12(16-13)18-5/h6-7,9,11H,8,14H2,1-5H3,(H,15,16). The van der Waals surface area contributed by atoms with E-state index < -0.39 is 0 Å². The van der Waals surface area contributed by atoms with Crippen LogP contribution >= 0.6 is 0 Å². The first kappa shape index (κ1) is 14.6. The Kier molecular flexibility index (Phi) is 5.22. The predicted octanol–water partition coefficient (Wildman–Crippen LogP) is 1.67. The normalized spacial score (nSPS) is 12.8. The Morgan fingerprint density at radius 1 is 1.39 bits per heavy atom. The summed E-state index contributed by atoms with van der Waals surface area (Å²) < 4.78 is 5.12. The summed E-state index contributed by atoms with van der Waals surface area (Å²) in [6.07, 6.45) is 0. The molecule has 0 fully saturated rings. The van der Waals surface area contributed by atoms with E-state index in [1.54, 1.807) is 19.2 Å². The van der Waals surface area contributed by atoms with Crippen molar-refractivity contribution in [3.63, 3.8) is 0 Å². The first-order valence-corrected chi connectivity index (χ1v) is 6.15. The van der Waals surface area contributed by atoms with Crippen LogP contribution in [0.5, 0.6) is 5.88 Å². The van der Waals surface area contributed by atoms with Crippen LogP contribution in [0.2, 0.25) is 0 Å². The molecule has 1 heterocycles. The Bertz CT molecular complexity index is 379. The molecule has 0 amide bonds. The number of nitrogens with one attached hydrogen (secondary N) is 1. The first-order chi connectivity index (χ1) is 8.43. The Balaban J connectivity index is 2.85. The number of nitrogens with two attached hydrogens (primary N) is 1. The van der Waals surface area contributed by atoms with Crippen molar-refractivity contribution in [1.82, 2.24) is 9.88 Å². The van der Waals surface area contributed by atoms with Crippen LogP contribution in [0.25, 0.3) is 0 Å². The molecule has 3 N–H and O–H groups in total. The molecular formula is C13H24N4O. The van der Waals surface area contributed by atoms with Crippen LogP contribution in [0.3, 0.4) is 0 Å². The number of likely N-dealkylation sites (N-methyl/N-ethyl adjacent to an activating group) is 1. The number of ether oxygens (including phenoxy) is 1. The average molecular weight is 252 g/mol. The molecule has 0 spiro atoms. The number of hydrogen-bond acceptors (Lipinski definition) is 5. The molecular weight excluding hydrogens is 228 g/mol. The Labute approximate surface area is 109 Å². The van der Waals surface area contributed by atoms with Gasteiger partial charge in [-0.05, 0) is 26.1 Å². The molecule has 0 saturated heterocycles. The minimum Gasteiger partial charge on any atom is -0.481 e. The summed E-state index contributed by atoms with van der Waals surface area (Å²) in [5.41, 5.74) is 6.57. The lowest BCUT2D eigenvalue weighted by molar-refractivity contribution is 0.343. The molecule has 1 aromatic heterocycles. The van der Waals surface area contributed by atoms with Crippen LogP contribution in [-0.2, 0) is 0 Å². The molecule has 0 aliphatic rings. The lowest BCUT2D eigenvalue weighted by Crippen LogP contribution is -2.36. The van der Waals surface area contributed by atoms with E-state index in [2.05, 4.69) is 43.1 Å². The van der Waals surface area contributed by atoms with Gasteiger partial charge in [-0.15, -0.1) is 0 Å². The zero-order chi connectivity index (χ0) is 13.7. The van der Waals surface area contributed by atoms with E-state index >= 15 is 0 Å². The number of nitrogens with zero attached hydrogens (tertiary/aromatic N) is 2. The van der Waals surface area contributed by atoms with Crippen LogP contribution in [0.1, 0.15) is 13.8 Å². The van der Waals surface area contributed by atoms with E-state index in [1.165, 1.54) is 0 Å². The van der Waals surface area contributed by atoms with Gasteiger partial charge in [-0.2, -0.15) is 4.98 Å². The number of anilines is 2. The summed E-state index contributed by atoms with van der Waals surface area (Å²) in [6.45, 7) is 5.28. The van der Waals surface area contributed by atoms with Crippen molar-refractivity contribution >= 4 is 11.5 Å². The van der Waals surface area contributed by atoms with Crippen molar-refractivity contribution in [2.75, 3.05) is 38.8 Å². The van der Waals surface area contributed by atoms with Crippen molar-refractivity contribution in [3.8, 4) is 5.88 Å². The molecule has 0 aliphatic heterocycles. The zero-order valence-electron chi connectivity index (χ0n) is 11.9. The van der Waals surface area contributed by atoms with Crippen molar-refractivity contribution in [3.05, 3.63) is 12.1 Å². The highest BCUT2D eigenvalue weighted by Gasteiger charge is 2.16. The number of aromatic nitrogens is 1. The maximum atomic E-state index is 5.93. The fourth-order valence-electron chi connectivity index (χ4n) is 1.67. The van der Waals surface area contributed by atoms with Crippen LogP contribution in [0, 0.1) is 5.92 Å². The van der Waals surface area contributed by atoms with Gasteiger partial charge in [0, 0.05) is 18.7 Å². The highest BCUT2D eigenvalue weighted by molar-refractivity contribution is 5.62. The van der Waals surface area contributed by atoms with Crippen LogP contribution in [0.15, 0.2) is 12.1 Å². The minimum atomic E-state index is 0.293. The third kappa shape index (κ3) is 4.07. The van der Waals surface area contributed by atoms with Gasteiger partial charge in [0.25, 0.3) is 0 Å². The second kappa shape index (κ2) is 6.44. The van der Waals surface area contributed by atoms with Crippen molar-refractivity contribution in [1.29, 1.82) is 0 Å². The van der Waals surface area contributed by atoms with Crippen molar-refractivity contribution in [2.24, 2.45) is 5.92 Å². The van der Waals surface area contributed by atoms with Crippen molar-refractivity contribution in [2.45, 2.75) is 19.9 Å². The molecule has 0 aromatic carbocycles. The van der Waals surface area contributed by atoms with E-state index in [1.807, 2.05) is 0 Å². The average Bonchev–Trinajstić information content (AvgIpc) is 2.30. The topological polar surface area (TPSA) is 63.4 Å². The molecule has 0 aliphatic carbocycles. The van der Waals surface area contributed by atoms with Gasteiger partial charge in [0.1, 0.15) is 0 Å². The fourth-order valence-corrected chi connectivity index (χ4v) is 1.67. The lowest BCUT2D eigenvalue weighted by atomic mass is 10.0. The van der Waals surface area contributed by atoms with E-state index in [4.69, 9.17) is 10.5 Å². The smallest absolute Gasteiger partial charge is 0.215 e. The van der Waals surface area contributed by atoms with Gasteiger partial charge in [-0.25, -0.2) is 0 Å². The SMILES string of the molecule is COc1ccc(N)c(NC(CN(C)C)C(C)C)n1. The Morgan fingerprint density at radius 3 is 2.56 bits per heavy atom. The molecule has 5 heteroatoms. The molecule has 1 atom stereocenters. The molecule has 1 aromatic rings. The first-order valence-electron chi connectivity index (χ1n) is 6.15. The minimum absolute atomic E-state index is 0.293. The highest BCUT2D eigenvalue weighted by atomic mass is 16.5. The Hall–Kier alpha value is -1.49. The third-order valence-corrected chi connectivity index (χ3v) is 2.80. The fraction of sp³-hybridized carbons (Fsp3) is 0.615. The quantitative estimate of drug-likeness (QED) is 0.806. The number of methoxy groups -OCH3 is 1. The van der Waals surface area contributed by atoms with E-state index in [-0.39, 0.29) is 0 Å². The molecule has 0 bridgehead atoms. The second-order valence-electron chi connectivity index (χ2n) is 5.05. The van der Waals surface area contributed by atoms with Gasteiger partial charge < -0.3 is 20.7 Å². The van der Waals surface area contributed by atoms with Gasteiger partial charge in [-0.3, -0.25) is 0 Å². The van der Waals surface area contributed by atoms with Gasteiger partial charge in [0.15, 0.2) is 5.82 Å². The summed E-state index contributed by atoms with van der Waals surface area (Å²) in [5, 5.41) is 3.40. The second-order valence-corrected chi connectivity index (χ2v) is 5.05. The van der Waals surface area contributed by atoms with Gasteiger partial charge in [0.05, 0.1) is 12.8 Å². The third-order valence-electron chi connectivity index (χ3n) is 2.80. The molecule has 5 nitrogen and oxygen atoms in total. The van der Waals surface area contributed by atoms with E-state index in [0.29, 0.717) is 29.3 Å². The van der Waals surface area contributed by atoms with Crippen LogP contribution < -0.4 is 15.8 Å². The number of rotatable bonds is 6. The van der Waals surface area contributed by atoms with Crippen LogP contribution in [0.4, 0.5) is 11.5 Å². The highest BCUT2D eigenvalue weighted by Crippen LogP contribution is 2.21. The summed E-state index contributed by atoms with van der Waals surface area (Å²) in [5.74, 6) is 1.74. The summed E-state index contributed by atoms with van der Waals surface area (Å²) >= 11 is 0. The number of pyridine rings is 1. The van der Waals surface area contributed by atoms with Gasteiger partial charge in [-0.1, -0.05) is 13.8 Å². The van der Waals surface area contributed by atoms with Crippen LogP contribution in [-0.4, -0.2) is 43.7 Å². The molecule has 0 radical (unpaired) electrons. The van der Waals surface area contributed by atoms with E-state index in [9.17, 15) is 0 Å². The maximum absolute atomic E-state index is 5.93. The summed E-state index contributed by atoms with van der Waals surface area (Å²) in [7, 11) is 5.71. The monoisotopic (exact) mass is 252 g/mol. The maximum Gasteiger partial charge on any atom is 0.215 e. The molecule has 18 heavy (non-hydrogen) atoms. The largest absolute Gasteiger partial charge is 0.481 e. The number of hydrogen-bond donors (Lipinski definition) is 2. The molecule has 1 unspecified atom stereocenters. The Morgan fingerprint density at radius 2 is 2.06 bits per heavy atom.